The van der Waals surface area contributed by atoms with E-state index < -0.39 is 28.5 Å². The van der Waals surface area contributed by atoms with Gasteiger partial charge in [-0.25, -0.2) is 13.8 Å². The maximum atomic E-state index is 16.3. The van der Waals surface area contributed by atoms with Crippen LogP contribution in [0.15, 0.2) is 41.8 Å². The number of fused-ring (bicyclic) bond motifs is 5. The number of piperazine rings is 1. The van der Waals surface area contributed by atoms with Gasteiger partial charge in [-0.05, 0) is 49.6 Å². The lowest BCUT2D eigenvalue weighted by Gasteiger charge is -2.45. The molecule has 240 valence electrons. The highest BCUT2D eigenvalue weighted by Gasteiger charge is 2.39. The number of rotatable bonds is 4. The maximum absolute atomic E-state index is 16.3. The first-order valence-corrected chi connectivity index (χ1v) is 15.6. The predicted octanol–water partition coefficient (Wildman–Crippen LogP) is 6.42. The molecule has 2 aliphatic heterocycles. The summed E-state index contributed by atoms with van der Waals surface area (Å²) in [4.78, 5) is 40.3. The van der Waals surface area contributed by atoms with Crippen LogP contribution < -0.4 is 20.9 Å². The second-order valence-electron chi connectivity index (χ2n) is 12.0. The highest BCUT2D eigenvalue weighted by Crippen LogP contribution is 2.44. The number of benzene rings is 1. The van der Waals surface area contributed by atoms with Gasteiger partial charge in [0.25, 0.3) is 0 Å². The van der Waals surface area contributed by atoms with Gasteiger partial charge in [-0.2, -0.15) is 0 Å². The van der Waals surface area contributed by atoms with Gasteiger partial charge >= 0.3 is 5.56 Å². The molecule has 5 heterocycles. The molecule has 2 N–H and O–H groups in total. The summed E-state index contributed by atoms with van der Waals surface area (Å²) in [7, 11) is 0. The number of carbonyl (C=O) groups is 1. The molecule has 6 rings (SSSR count). The van der Waals surface area contributed by atoms with Crippen LogP contribution in [0, 0.1) is 18.6 Å². The Kier molecular flexibility index (Phi) is 8.18. The van der Waals surface area contributed by atoms with Crippen molar-refractivity contribution in [3.63, 3.8) is 0 Å². The Labute approximate surface area is 274 Å². The molecule has 2 unspecified atom stereocenters. The number of anilines is 2. The van der Waals surface area contributed by atoms with Crippen molar-refractivity contribution in [2.24, 2.45) is 0 Å². The van der Waals surface area contributed by atoms with Gasteiger partial charge in [-0.1, -0.05) is 43.6 Å². The Morgan fingerprint density at radius 3 is 2.63 bits per heavy atom. The van der Waals surface area contributed by atoms with E-state index in [9.17, 15) is 9.59 Å². The molecule has 0 bridgehead atoms. The van der Waals surface area contributed by atoms with E-state index in [1.807, 2.05) is 32.6 Å². The Balaban J connectivity index is 1.74. The molecule has 1 amide bonds. The largest absolute Gasteiger partial charge is 0.486 e. The molecular formula is C33H32Cl2F2N6O3. The van der Waals surface area contributed by atoms with E-state index in [4.69, 9.17) is 33.7 Å². The zero-order valence-corrected chi connectivity index (χ0v) is 27.2. The van der Waals surface area contributed by atoms with E-state index in [1.54, 1.807) is 17.2 Å². The van der Waals surface area contributed by atoms with Crippen LogP contribution in [-0.2, 0) is 4.79 Å². The highest BCUT2D eigenvalue weighted by molar-refractivity contribution is 6.37. The SMILES string of the molecule is C=CC(=O)N1CC2CCOc3c(c4cc(F)c(-c5c(N)c(Cl)cc(Cl)c5F)nc4n(-c4c(C)ccnc4C(C)C)c3=O)N2CC1C. The molecule has 1 saturated heterocycles. The number of nitrogens with two attached hydrogens (primary N) is 1. The number of amides is 1. The number of hydrogen-bond acceptors (Lipinski definition) is 7. The number of ether oxygens (including phenoxy) is 1. The van der Waals surface area contributed by atoms with Crippen molar-refractivity contribution in [3.05, 3.63) is 80.3 Å². The fraction of sp³-hybridized carbons (Fsp3) is 0.333. The minimum atomic E-state index is -1.00. The third kappa shape index (κ3) is 4.96. The Morgan fingerprint density at radius 2 is 1.93 bits per heavy atom. The van der Waals surface area contributed by atoms with E-state index >= 15 is 8.78 Å². The summed E-state index contributed by atoms with van der Waals surface area (Å²) in [5.74, 6) is -2.21. The van der Waals surface area contributed by atoms with Crippen LogP contribution in [0.3, 0.4) is 0 Å². The highest BCUT2D eigenvalue weighted by atomic mass is 35.5. The molecule has 2 aliphatic rings. The Bertz CT molecular complexity index is 1970. The molecule has 46 heavy (non-hydrogen) atoms. The van der Waals surface area contributed by atoms with Crippen molar-refractivity contribution < 1.29 is 18.3 Å². The van der Waals surface area contributed by atoms with Crippen molar-refractivity contribution in [1.82, 2.24) is 19.4 Å². The average molecular weight is 670 g/mol. The fourth-order valence-electron chi connectivity index (χ4n) is 6.45. The molecule has 1 fully saturated rings. The van der Waals surface area contributed by atoms with E-state index in [1.165, 1.54) is 16.7 Å². The summed E-state index contributed by atoms with van der Waals surface area (Å²) in [5, 5.41) is -0.190. The van der Waals surface area contributed by atoms with Crippen LogP contribution in [0.1, 0.15) is 44.4 Å². The topological polar surface area (TPSA) is 107 Å². The first kappa shape index (κ1) is 31.7. The van der Waals surface area contributed by atoms with Gasteiger partial charge in [-0.3, -0.25) is 19.1 Å². The third-order valence-corrected chi connectivity index (χ3v) is 9.28. The lowest BCUT2D eigenvalue weighted by atomic mass is 10.0. The number of hydrogen-bond donors (Lipinski definition) is 1. The van der Waals surface area contributed by atoms with Gasteiger partial charge in [0.15, 0.2) is 17.3 Å². The van der Waals surface area contributed by atoms with Gasteiger partial charge in [0, 0.05) is 37.1 Å². The standard InChI is InChI=1S/C33H32Cl2F2N6O3/c1-6-23(44)41-14-18-8-10-46-31-30(42(18)13-17(41)5)19-11-22(36)28(24-25(37)20(34)12-21(35)26(24)38)40-32(19)43(33(31)45)29-16(4)7-9-39-27(29)15(2)3/h6-7,9,11-12,15,17-18H,1,8,10,13-14,38H2,2-5H3. The Hall–Kier alpha value is -4.22. The number of aryl methyl sites for hydroxylation is 1. The summed E-state index contributed by atoms with van der Waals surface area (Å²) in [6.45, 7) is 12.1. The van der Waals surface area contributed by atoms with Crippen LogP contribution in [-0.4, -0.2) is 57.1 Å². The summed E-state index contributed by atoms with van der Waals surface area (Å²) < 4.78 is 39.4. The molecule has 0 radical (unpaired) electrons. The van der Waals surface area contributed by atoms with Crippen molar-refractivity contribution in [2.45, 2.75) is 52.1 Å². The molecule has 0 spiro atoms. The summed E-state index contributed by atoms with van der Waals surface area (Å²) >= 11 is 12.3. The normalized spacial score (nSPS) is 17.8. The lowest BCUT2D eigenvalue weighted by molar-refractivity contribution is -0.128. The van der Waals surface area contributed by atoms with Gasteiger partial charge in [0.05, 0.1) is 51.0 Å². The van der Waals surface area contributed by atoms with Crippen LogP contribution in [0.2, 0.25) is 10.0 Å². The molecule has 13 heteroatoms. The minimum Gasteiger partial charge on any atom is -0.486 e. The summed E-state index contributed by atoms with van der Waals surface area (Å²) in [6.07, 6.45) is 3.42. The fourth-order valence-corrected chi connectivity index (χ4v) is 6.91. The average Bonchev–Trinajstić information content (AvgIpc) is 3.20. The molecule has 4 aromatic rings. The van der Waals surface area contributed by atoms with E-state index in [0.717, 1.165) is 6.07 Å². The molecule has 3 aromatic heterocycles. The second-order valence-corrected chi connectivity index (χ2v) is 12.8. The number of nitrogen functional groups attached to an aromatic ring is 1. The van der Waals surface area contributed by atoms with E-state index in [-0.39, 0.29) is 63.0 Å². The zero-order chi connectivity index (χ0) is 33.2. The smallest absolute Gasteiger partial charge is 0.301 e. The number of carbonyl (C=O) groups excluding carboxylic acids is 1. The lowest BCUT2D eigenvalue weighted by Crippen LogP contribution is -2.59. The van der Waals surface area contributed by atoms with Crippen molar-refractivity contribution in [3.8, 4) is 22.7 Å². The first-order valence-electron chi connectivity index (χ1n) is 14.9. The zero-order valence-electron chi connectivity index (χ0n) is 25.7. The van der Waals surface area contributed by atoms with Gasteiger partial charge in [0.2, 0.25) is 11.7 Å². The van der Waals surface area contributed by atoms with Crippen LogP contribution in [0.4, 0.5) is 20.2 Å². The van der Waals surface area contributed by atoms with Gasteiger partial charge in [-0.15, -0.1) is 0 Å². The molecular weight excluding hydrogens is 637 g/mol. The second kappa shape index (κ2) is 11.9. The number of nitrogens with zero attached hydrogens (tertiary/aromatic N) is 5. The number of aromatic nitrogens is 3. The van der Waals surface area contributed by atoms with Crippen LogP contribution in [0.5, 0.6) is 5.75 Å². The molecule has 2 atom stereocenters. The predicted molar refractivity (Wildman–Crippen MR) is 176 cm³/mol. The van der Waals surface area contributed by atoms with E-state index in [2.05, 4.69) is 16.5 Å². The van der Waals surface area contributed by atoms with Crippen LogP contribution >= 0.6 is 23.2 Å². The first-order chi connectivity index (χ1) is 21.8. The van der Waals surface area contributed by atoms with Crippen LogP contribution in [0.25, 0.3) is 28.0 Å². The summed E-state index contributed by atoms with van der Waals surface area (Å²) in [6, 6.07) is 3.58. The monoisotopic (exact) mass is 668 g/mol. The number of pyridine rings is 3. The van der Waals surface area contributed by atoms with E-state index in [0.29, 0.717) is 42.1 Å². The quantitative estimate of drug-likeness (QED) is 0.152. The minimum absolute atomic E-state index is 0.0223. The third-order valence-electron chi connectivity index (χ3n) is 8.69. The van der Waals surface area contributed by atoms with Gasteiger partial charge in [0.1, 0.15) is 5.69 Å². The Morgan fingerprint density at radius 1 is 1.20 bits per heavy atom. The van der Waals surface area contributed by atoms with Crippen molar-refractivity contribution in [2.75, 3.05) is 30.3 Å². The van der Waals surface area contributed by atoms with Crippen molar-refractivity contribution in [1.29, 1.82) is 0 Å². The number of halogens is 4. The molecule has 1 aromatic carbocycles. The van der Waals surface area contributed by atoms with Crippen molar-refractivity contribution >= 4 is 51.5 Å². The summed E-state index contributed by atoms with van der Waals surface area (Å²) in [5.41, 5.74) is 6.64. The molecule has 0 saturated carbocycles. The maximum Gasteiger partial charge on any atom is 0.301 e. The molecule has 0 aliphatic carbocycles. The molecule has 9 nitrogen and oxygen atoms in total. The van der Waals surface area contributed by atoms with Gasteiger partial charge < -0.3 is 20.3 Å².